The molecule has 2 aromatic heterocycles. The quantitative estimate of drug-likeness (QED) is 0.391. The summed E-state index contributed by atoms with van der Waals surface area (Å²) in [6.45, 7) is 1.90. The van der Waals surface area contributed by atoms with Crippen molar-refractivity contribution in [3.05, 3.63) is 28.0 Å². The number of hydrazine groups is 1. The van der Waals surface area contributed by atoms with Crippen molar-refractivity contribution in [1.29, 1.82) is 0 Å². The van der Waals surface area contributed by atoms with E-state index in [9.17, 15) is 0 Å². The molecule has 0 aliphatic carbocycles. The van der Waals surface area contributed by atoms with Crippen LogP contribution in [0.15, 0.2) is 22.7 Å². The van der Waals surface area contributed by atoms with Crippen LogP contribution in [0.1, 0.15) is 10.4 Å². The van der Waals surface area contributed by atoms with Gasteiger partial charge in [-0.1, -0.05) is 11.8 Å². The Kier molecular flexibility index (Phi) is 3.58. The van der Waals surface area contributed by atoms with Crippen LogP contribution < -0.4 is 16.2 Å². The van der Waals surface area contributed by atoms with Gasteiger partial charge in [-0.2, -0.15) is 0 Å². The molecular formula is C12H15N5S2. The Morgan fingerprint density at radius 2 is 2.37 bits per heavy atom. The molecule has 3 heterocycles. The first-order chi connectivity index (χ1) is 9.30. The number of thioether (sulfide) groups is 1. The number of nitrogen functional groups attached to an aromatic ring is 1. The number of aromatic nitrogens is 2. The van der Waals surface area contributed by atoms with Crippen LogP contribution in [0.4, 0.5) is 11.6 Å². The Labute approximate surface area is 120 Å². The summed E-state index contributed by atoms with van der Waals surface area (Å²) in [5, 5.41) is 2.90. The molecule has 0 fully saturated rings. The van der Waals surface area contributed by atoms with E-state index in [0.29, 0.717) is 5.82 Å². The molecular weight excluding hydrogens is 278 g/mol. The second-order valence-corrected chi connectivity index (χ2v) is 6.06. The molecule has 0 atom stereocenters. The predicted octanol–water partition coefficient (Wildman–Crippen LogP) is 2.11. The van der Waals surface area contributed by atoms with E-state index in [4.69, 9.17) is 5.84 Å². The smallest absolute Gasteiger partial charge is 0.191 e. The maximum Gasteiger partial charge on any atom is 0.191 e. The van der Waals surface area contributed by atoms with Crippen LogP contribution in [0.3, 0.4) is 0 Å². The highest BCUT2D eigenvalue weighted by Gasteiger charge is 2.19. The molecule has 0 amide bonds. The highest BCUT2D eigenvalue weighted by molar-refractivity contribution is 7.98. The lowest BCUT2D eigenvalue weighted by atomic mass is 10.1. The molecule has 3 N–H and O–H groups in total. The zero-order valence-corrected chi connectivity index (χ0v) is 12.2. The zero-order chi connectivity index (χ0) is 13.2. The van der Waals surface area contributed by atoms with Crippen LogP contribution in [0, 0.1) is 0 Å². The van der Waals surface area contributed by atoms with Gasteiger partial charge in [0.25, 0.3) is 0 Å². The number of anilines is 2. The van der Waals surface area contributed by atoms with E-state index in [2.05, 4.69) is 31.7 Å². The Morgan fingerprint density at radius 3 is 3.16 bits per heavy atom. The van der Waals surface area contributed by atoms with Crippen molar-refractivity contribution < 1.29 is 0 Å². The highest BCUT2D eigenvalue weighted by Crippen LogP contribution is 2.28. The molecule has 5 nitrogen and oxygen atoms in total. The monoisotopic (exact) mass is 293 g/mol. The number of hydrogen-bond acceptors (Lipinski definition) is 7. The molecule has 7 heteroatoms. The van der Waals surface area contributed by atoms with Gasteiger partial charge in [-0.3, -0.25) is 0 Å². The Balaban J connectivity index is 1.90. The van der Waals surface area contributed by atoms with Gasteiger partial charge in [0.15, 0.2) is 5.16 Å². The van der Waals surface area contributed by atoms with E-state index < -0.39 is 0 Å². The third-order valence-electron chi connectivity index (χ3n) is 3.15. The van der Waals surface area contributed by atoms with Crippen LogP contribution in [0.2, 0.25) is 0 Å². The summed E-state index contributed by atoms with van der Waals surface area (Å²) >= 11 is 3.36. The minimum atomic E-state index is 0.658. The van der Waals surface area contributed by atoms with Crippen molar-refractivity contribution in [3.63, 3.8) is 0 Å². The summed E-state index contributed by atoms with van der Waals surface area (Å²) in [7, 11) is 0. The fourth-order valence-electron chi connectivity index (χ4n) is 2.18. The third-order valence-corrected chi connectivity index (χ3v) is 4.72. The third kappa shape index (κ3) is 2.54. The number of nitrogens with two attached hydrogens (primary N) is 1. The normalized spacial score (nSPS) is 14.3. The average Bonchev–Trinajstić information content (AvgIpc) is 2.94. The Bertz CT molecular complexity index is 561. The van der Waals surface area contributed by atoms with E-state index in [0.717, 1.165) is 30.5 Å². The molecule has 3 rings (SSSR count). The number of nitrogens with zero attached hydrogens (tertiary/aromatic N) is 3. The summed E-state index contributed by atoms with van der Waals surface area (Å²) < 4.78 is 0. The molecule has 2 aromatic rings. The van der Waals surface area contributed by atoms with Gasteiger partial charge >= 0.3 is 0 Å². The highest BCUT2D eigenvalue weighted by atomic mass is 32.2. The Morgan fingerprint density at radius 1 is 1.47 bits per heavy atom. The van der Waals surface area contributed by atoms with E-state index in [-0.39, 0.29) is 0 Å². The van der Waals surface area contributed by atoms with Crippen LogP contribution in [-0.4, -0.2) is 22.8 Å². The van der Waals surface area contributed by atoms with E-state index >= 15 is 0 Å². The number of fused-ring (bicyclic) bond motifs is 1. The van der Waals surface area contributed by atoms with Crippen molar-refractivity contribution in [1.82, 2.24) is 9.97 Å². The molecule has 0 saturated heterocycles. The standard InChI is InChI=1S/C12H15N5S2/c1-18-12-14-10(16-13)6-11(15-12)17-4-2-9-8(7-17)3-5-19-9/h3,5-6H,2,4,7,13H2,1H3,(H,14,15,16). The van der Waals surface area contributed by atoms with E-state index in [1.54, 1.807) is 0 Å². The molecule has 0 saturated carbocycles. The van der Waals surface area contributed by atoms with Gasteiger partial charge in [0.1, 0.15) is 11.6 Å². The molecule has 0 bridgehead atoms. The SMILES string of the molecule is CSc1nc(NN)cc(N2CCc3sccc3C2)n1. The minimum Gasteiger partial charge on any atom is -0.352 e. The summed E-state index contributed by atoms with van der Waals surface area (Å²) in [6.07, 6.45) is 3.05. The van der Waals surface area contributed by atoms with E-state index in [1.807, 2.05) is 23.7 Å². The number of nitrogens with one attached hydrogen (secondary N) is 1. The van der Waals surface area contributed by atoms with Gasteiger partial charge in [0.05, 0.1) is 0 Å². The first-order valence-corrected chi connectivity index (χ1v) is 8.10. The van der Waals surface area contributed by atoms with Gasteiger partial charge in [-0.25, -0.2) is 15.8 Å². The molecule has 0 radical (unpaired) electrons. The maximum atomic E-state index is 5.47. The molecule has 1 aliphatic rings. The molecule has 0 spiro atoms. The lowest BCUT2D eigenvalue weighted by molar-refractivity contribution is 0.722. The fourth-order valence-corrected chi connectivity index (χ4v) is 3.45. The van der Waals surface area contributed by atoms with Crippen molar-refractivity contribution in [2.75, 3.05) is 23.1 Å². The van der Waals surface area contributed by atoms with Crippen LogP contribution in [0.25, 0.3) is 0 Å². The second kappa shape index (κ2) is 5.36. The lowest BCUT2D eigenvalue weighted by Crippen LogP contribution is -2.30. The van der Waals surface area contributed by atoms with Crippen LogP contribution in [-0.2, 0) is 13.0 Å². The summed E-state index contributed by atoms with van der Waals surface area (Å²) in [4.78, 5) is 12.6. The van der Waals surface area contributed by atoms with Crippen molar-refractivity contribution in [3.8, 4) is 0 Å². The van der Waals surface area contributed by atoms with Crippen molar-refractivity contribution in [2.24, 2.45) is 5.84 Å². The van der Waals surface area contributed by atoms with Gasteiger partial charge in [0.2, 0.25) is 0 Å². The summed E-state index contributed by atoms with van der Waals surface area (Å²) in [5.41, 5.74) is 4.01. The molecule has 1 aliphatic heterocycles. The molecule has 0 aromatic carbocycles. The number of rotatable bonds is 3. The van der Waals surface area contributed by atoms with Gasteiger partial charge in [-0.05, 0) is 29.7 Å². The van der Waals surface area contributed by atoms with Crippen LogP contribution in [0.5, 0.6) is 0 Å². The summed E-state index contributed by atoms with van der Waals surface area (Å²) in [5.74, 6) is 7.06. The predicted molar refractivity (Wildman–Crippen MR) is 80.7 cm³/mol. The maximum absolute atomic E-state index is 5.47. The van der Waals surface area contributed by atoms with Crippen LogP contribution >= 0.6 is 23.1 Å². The van der Waals surface area contributed by atoms with E-state index in [1.165, 1.54) is 22.2 Å². The van der Waals surface area contributed by atoms with Crippen molar-refractivity contribution >= 4 is 34.7 Å². The summed E-state index contributed by atoms with van der Waals surface area (Å²) in [6, 6.07) is 4.10. The topological polar surface area (TPSA) is 67.1 Å². The molecule has 19 heavy (non-hydrogen) atoms. The number of hydrogen-bond donors (Lipinski definition) is 2. The second-order valence-electron chi connectivity index (χ2n) is 4.28. The van der Waals surface area contributed by atoms with Gasteiger partial charge < -0.3 is 10.3 Å². The molecule has 0 unspecified atom stereocenters. The minimum absolute atomic E-state index is 0.658. The lowest BCUT2D eigenvalue weighted by Gasteiger charge is -2.28. The fraction of sp³-hybridized carbons (Fsp3) is 0.333. The van der Waals surface area contributed by atoms with Crippen molar-refractivity contribution in [2.45, 2.75) is 18.1 Å². The molecule has 100 valence electrons. The first kappa shape index (κ1) is 12.7. The first-order valence-electron chi connectivity index (χ1n) is 6.00. The Hall–Kier alpha value is -1.31. The zero-order valence-electron chi connectivity index (χ0n) is 10.6. The van der Waals surface area contributed by atoms with Gasteiger partial charge in [0, 0.05) is 24.0 Å². The average molecular weight is 293 g/mol. The number of thiophene rings is 1. The largest absolute Gasteiger partial charge is 0.352 e. The van der Waals surface area contributed by atoms with Gasteiger partial charge in [-0.15, -0.1) is 11.3 Å².